The molecule has 0 unspecified atom stereocenters. The Morgan fingerprint density at radius 3 is 1.00 bits per heavy atom. The second kappa shape index (κ2) is 15.8. The van der Waals surface area contributed by atoms with Gasteiger partial charge in [0.2, 0.25) is 0 Å². The van der Waals surface area contributed by atoms with E-state index < -0.39 is 0 Å². The van der Waals surface area contributed by atoms with Crippen LogP contribution in [0.3, 0.4) is 0 Å². The van der Waals surface area contributed by atoms with Gasteiger partial charge in [0.15, 0.2) is 0 Å². The molecule has 0 heterocycles. The van der Waals surface area contributed by atoms with Gasteiger partial charge in [-0.05, 0) is 0 Å². The zero-order valence-corrected chi connectivity index (χ0v) is 11.7. The molecule has 0 saturated heterocycles. The van der Waals surface area contributed by atoms with Crippen LogP contribution in [0.25, 0.3) is 0 Å². The van der Waals surface area contributed by atoms with Gasteiger partial charge in [-0.2, -0.15) is 0 Å². The van der Waals surface area contributed by atoms with E-state index >= 15 is 0 Å². The van der Waals surface area contributed by atoms with Crippen molar-refractivity contribution in [2.24, 2.45) is 0 Å². The van der Waals surface area contributed by atoms with Gasteiger partial charge >= 0.3 is 109 Å². The SMILES string of the molecule is [BiH3].[CaH+].[SH-].[SrH2]. The maximum absolute atomic E-state index is 0. The van der Waals surface area contributed by atoms with Crippen molar-refractivity contribution in [2.75, 3.05) is 0 Å². The molecule has 0 aromatic rings. The van der Waals surface area contributed by atoms with Crippen LogP contribution in [0.1, 0.15) is 0 Å². The first-order chi connectivity index (χ1) is 0. The monoisotopic (exact) mass is 376 g/mol. The molecule has 4 heteroatoms. The average molecular weight is 376 g/mol. The van der Waals surface area contributed by atoms with Crippen molar-refractivity contribution >= 4 is 123 Å². The zero-order valence-electron chi connectivity index (χ0n) is 2.15. The Bertz CT molecular complexity index is 8.00. The molecule has 0 saturated carbocycles. The van der Waals surface area contributed by atoms with E-state index in [0.29, 0.717) is 0 Å². The predicted octanol–water partition coefficient (Wildman–Crippen LogP) is -3.02. The van der Waals surface area contributed by atoms with Crippen LogP contribution in [0.15, 0.2) is 0 Å². The summed E-state index contributed by atoms with van der Waals surface area (Å²) in [6, 6.07) is 0. The van der Waals surface area contributed by atoms with Gasteiger partial charge in [0.05, 0.1) is 0 Å². The van der Waals surface area contributed by atoms with Crippen molar-refractivity contribution in [3.8, 4) is 0 Å². The van der Waals surface area contributed by atoms with Crippen LogP contribution in [0, 0.1) is 0 Å². The van der Waals surface area contributed by atoms with Gasteiger partial charge < -0.3 is 13.5 Å². The average Bonchev–Trinajstić information content (AvgIpc) is 0. The fourth-order valence-electron chi connectivity index (χ4n) is 0. The molecule has 0 aromatic carbocycles. The second-order valence-electron chi connectivity index (χ2n) is 0. The molecule has 0 radical (unpaired) electrons. The summed E-state index contributed by atoms with van der Waals surface area (Å²) in [4.78, 5) is 0. The molecule has 0 aromatic heterocycles. The molecule has 0 bridgehead atoms. The Balaban J connectivity index is 0. The van der Waals surface area contributed by atoms with Crippen molar-refractivity contribution in [1.82, 2.24) is 0 Å². The van der Waals surface area contributed by atoms with Gasteiger partial charge in [-0.3, -0.25) is 0 Å². The molecular formula is H7BiCaSSr. The van der Waals surface area contributed by atoms with Gasteiger partial charge in [-0.25, -0.2) is 0 Å². The summed E-state index contributed by atoms with van der Waals surface area (Å²) >= 11 is 0. The van der Waals surface area contributed by atoms with Crippen LogP contribution in [0.5, 0.6) is 0 Å². The molecule has 22 valence electrons. The standard InChI is InChI=1S/Bi.Ca.H2S.Sr.6H/h;;1H2;;;;;;;/q;+1;;;;;;;;/p-1. The van der Waals surface area contributed by atoms with Crippen molar-refractivity contribution in [2.45, 2.75) is 0 Å². The summed E-state index contributed by atoms with van der Waals surface area (Å²) in [7, 11) is 0. The summed E-state index contributed by atoms with van der Waals surface area (Å²) in [5.74, 6) is 0. The third-order valence-corrected chi connectivity index (χ3v) is 0. The third kappa shape index (κ3) is 9.36. The molecule has 0 spiro atoms. The molecule has 0 rings (SSSR count). The molecule has 0 nitrogen and oxygen atoms in total. The summed E-state index contributed by atoms with van der Waals surface area (Å²) in [5.41, 5.74) is 0. The number of hydrogen-bond donors (Lipinski definition) is 0. The van der Waals surface area contributed by atoms with E-state index in [2.05, 4.69) is 0 Å². The maximum atomic E-state index is 0. The van der Waals surface area contributed by atoms with E-state index in [-0.39, 0.29) is 123 Å². The van der Waals surface area contributed by atoms with Crippen molar-refractivity contribution in [3.05, 3.63) is 0 Å². The molecule has 0 amide bonds. The predicted molar refractivity (Wildman–Crippen MR) is 34.4 cm³/mol. The second-order valence-corrected chi connectivity index (χ2v) is 0. The van der Waals surface area contributed by atoms with E-state index in [1.165, 1.54) is 0 Å². The van der Waals surface area contributed by atoms with Crippen molar-refractivity contribution in [1.29, 1.82) is 0 Å². The molecule has 0 aliphatic rings. The summed E-state index contributed by atoms with van der Waals surface area (Å²) in [6.45, 7) is 0. The fourth-order valence-corrected chi connectivity index (χ4v) is 0. The van der Waals surface area contributed by atoms with Crippen molar-refractivity contribution in [3.63, 3.8) is 0 Å². The minimum absolute atomic E-state index is 0. The van der Waals surface area contributed by atoms with Crippen LogP contribution in [0.4, 0.5) is 0 Å². The molecule has 0 N–H and O–H groups in total. The Kier molecular flexibility index (Phi) is 96.8. The first-order valence-electron chi connectivity index (χ1n) is 0. The number of thiol groups is 1. The Hall–Kier alpha value is 3.97. The summed E-state index contributed by atoms with van der Waals surface area (Å²) in [5, 5.41) is 0. The van der Waals surface area contributed by atoms with E-state index in [9.17, 15) is 0 Å². The molecule has 0 aliphatic carbocycles. The molecule has 4 heavy (non-hydrogen) atoms. The molecule has 0 aliphatic heterocycles. The summed E-state index contributed by atoms with van der Waals surface area (Å²) < 4.78 is 0. The van der Waals surface area contributed by atoms with Gasteiger partial charge in [0, 0.05) is 0 Å². The molecule has 0 atom stereocenters. The number of hydrogen-bond acceptors (Lipinski definition) is 1. The van der Waals surface area contributed by atoms with Crippen LogP contribution in [-0.2, 0) is 13.5 Å². The van der Waals surface area contributed by atoms with Crippen LogP contribution >= 0.6 is 0 Å². The van der Waals surface area contributed by atoms with Gasteiger partial charge in [-0.15, -0.1) is 0 Å². The third-order valence-electron chi connectivity index (χ3n) is 0. The number of rotatable bonds is 0. The van der Waals surface area contributed by atoms with Gasteiger partial charge in [0.1, 0.15) is 0 Å². The topological polar surface area (TPSA) is 0 Å². The Morgan fingerprint density at radius 2 is 1.00 bits per heavy atom. The first kappa shape index (κ1) is 24.6. The van der Waals surface area contributed by atoms with Gasteiger partial charge in [-0.1, -0.05) is 0 Å². The fraction of sp³-hybridized carbons (Fsp3) is 0. The van der Waals surface area contributed by atoms with Crippen LogP contribution < -0.4 is 0 Å². The Morgan fingerprint density at radius 1 is 1.00 bits per heavy atom. The van der Waals surface area contributed by atoms with Gasteiger partial charge in [0.25, 0.3) is 0 Å². The Labute approximate surface area is 119 Å². The molecular weight excluding hydrogens is 369 g/mol. The quantitative estimate of drug-likeness (QED) is 0.247. The van der Waals surface area contributed by atoms with Crippen molar-refractivity contribution < 1.29 is 0 Å². The van der Waals surface area contributed by atoms with E-state index in [0.717, 1.165) is 0 Å². The zero-order chi connectivity index (χ0) is 0. The van der Waals surface area contributed by atoms with Crippen LogP contribution in [0.2, 0.25) is 0 Å². The minimum atomic E-state index is 0. The van der Waals surface area contributed by atoms with E-state index in [1.807, 2.05) is 0 Å². The first-order valence-corrected chi connectivity index (χ1v) is 0. The molecule has 0 fully saturated rings. The normalized spacial score (nSPS) is 0. The van der Waals surface area contributed by atoms with Crippen LogP contribution in [-0.4, -0.2) is 109 Å². The van der Waals surface area contributed by atoms with E-state index in [1.54, 1.807) is 0 Å². The van der Waals surface area contributed by atoms with E-state index in [4.69, 9.17) is 0 Å². The summed E-state index contributed by atoms with van der Waals surface area (Å²) in [6.07, 6.45) is 0.